The van der Waals surface area contributed by atoms with E-state index in [0.29, 0.717) is 6.61 Å². The number of rotatable bonds is 17. The molecule has 11 nitrogen and oxygen atoms in total. The minimum Gasteiger partial charge on any atom is -0.726 e. The summed E-state index contributed by atoms with van der Waals surface area (Å²) in [6, 6.07) is 7.66. The van der Waals surface area contributed by atoms with Crippen LogP contribution in [0.4, 0.5) is 0 Å². The van der Waals surface area contributed by atoms with Crippen LogP contribution in [-0.2, 0) is 43.9 Å². The molecule has 28 heavy (non-hydrogen) atoms. The number of benzene rings is 1. The van der Waals surface area contributed by atoms with E-state index >= 15 is 0 Å². The van der Waals surface area contributed by atoms with Gasteiger partial charge in [-0.1, -0.05) is 17.7 Å². The largest absolute Gasteiger partial charge is 1.00 e. The van der Waals surface area contributed by atoms with Crippen LogP contribution in [0.15, 0.2) is 24.3 Å². The number of ether oxygens (including phenoxy) is 1. The van der Waals surface area contributed by atoms with Crippen molar-refractivity contribution in [2.75, 3.05) is 52.9 Å². The van der Waals surface area contributed by atoms with Gasteiger partial charge in [0.15, 0.2) is 0 Å². The van der Waals surface area contributed by atoms with Gasteiger partial charge in [0.25, 0.3) is 0 Å². The Morgan fingerprint density at radius 2 is 1.11 bits per heavy atom. The van der Waals surface area contributed by atoms with Gasteiger partial charge >= 0.3 is 29.6 Å². The molecular weight excluding hydrogens is 411 g/mol. The third-order valence-electron chi connectivity index (χ3n) is 2.60. The Bertz CT molecular complexity index is 582. The van der Waals surface area contributed by atoms with Crippen molar-refractivity contribution in [3.05, 3.63) is 29.8 Å². The maximum Gasteiger partial charge on any atom is 1.00 e. The third-order valence-corrected chi connectivity index (χ3v) is 3.06. The van der Waals surface area contributed by atoms with Crippen LogP contribution in [0.3, 0.4) is 0 Å². The summed E-state index contributed by atoms with van der Waals surface area (Å²) in [5.74, 6) is 0.759. The smallest absolute Gasteiger partial charge is 0.726 e. The molecule has 0 aliphatic carbocycles. The van der Waals surface area contributed by atoms with Gasteiger partial charge in [-0.25, -0.2) is 37.7 Å². The van der Waals surface area contributed by atoms with E-state index < -0.39 is 17.0 Å². The Morgan fingerprint density at radius 3 is 1.54 bits per heavy atom. The average molecular weight is 434 g/mol. The molecule has 0 heterocycles. The molecule has 13 heteroatoms. The number of aryl methyl sites for hydroxylation is 1. The summed E-state index contributed by atoms with van der Waals surface area (Å²) >= 11 is 0. The molecule has 0 aromatic heterocycles. The van der Waals surface area contributed by atoms with E-state index in [1.807, 2.05) is 31.2 Å². The molecular formula is C15H23NaO11S. The van der Waals surface area contributed by atoms with Gasteiger partial charge in [0.1, 0.15) is 52.0 Å². The fourth-order valence-electron chi connectivity index (χ4n) is 1.49. The fraction of sp³-hybridized carbons (Fsp3) is 0.600. The fourth-order valence-corrected chi connectivity index (χ4v) is 1.76. The predicted molar refractivity (Wildman–Crippen MR) is 88.0 cm³/mol. The molecule has 0 aliphatic heterocycles. The van der Waals surface area contributed by atoms with Crippen LogP contribution in [0.25, 0.3) is 0 Å². The van der Waals surface area contributed by atoms with E-state index in [0.717, 1.165) is 11.3 Å². The Balaban J connectivity index is 0.00000729. The second-order valence-corrected chi connectivity index (χ2v) is 5.88. The van der Waals surface area contributed by atoms with E-state index in [-0.39, 0.29) is 69.2 Å². The molecule has 0 N–H and O–H groups in total. The maximum atomic E-state index is 10.1. The molecule has 0 radical (unpaired) electrons. The standard InChI is InChI=1S/C15H24O11S.Na/c1-14-2-4-15(5-3-14)19-6-7-20-21-8-9-22-23-10-11-24-25-12-13-26-27(16,17)18;/h2-5H,6-13H2,1H3,(H,16,17,18);/q;+1/p-1. The number of hydrogen-bond donors (Lipinski definition) is 0. The number of hydrogen-bond acceptors (Lipinski definition) is 11. The summed E-state index contributed by atoms with van der Waals surface area (Å²) in [5.41, 5.74) is 1.16. The van der Waals surface area contributed by atoms with Gasteiger partial charge in [0, 0.05) is 0 Å². The van der Waals surface area contributed by atoms with Gasteiger partial charge in [-0.15, -0.1) is 0 Å². The zero-order valence-electron chi connectivity index (χ0n) is 15.9. The zero-order valence-corrected chi connectivity index (χ0v) is 18.7. The molecule has 0 saturated heterocycles. The van der Waals surface area contributed by atoms with Crippen molar-refractivity contribution in [1.29, 1.82) is 0 Å². The Kier molecular flexibility index (Phi) is 17.3. The molecule has 0 bridgehead atoms. The molecule has 1 aromatic carbocycles. The van der Waals surface area contributed by atoms with Crippen molar-refractivity contribution >= 4 is 10.4 Å². The first-order chi connectivity index (χ1) is 13.0. The summed E-state index contributed by atoms with van der Waals surface area (Å²) in [6.45, 7) is 2.33. The first-order valence-corrected chi connectivity index (χ1v) is 9.33. The summed E-state index contributed by atoms with van der Waals surface area (Å²) in [6.07, 6.45) is 0. The van der Waals surface area contributed by atoms with Crippen LogP contribution in [-0.4, -0.2) is 65.8 Å². The van der Waals surface area contributed by atoms with Crippen LogP contribution >= 0.6 is 0 Å². The molecule has 1 aromatic rings. The van der Waals surface area contributed by atoms with E-state index in [2.05, 4.69) is 14.0 Å². The van der Waals surface area contributed by atoms with Crippen LogP contribution in [0.5, 0.6) is 5.75 Å². The molecule has 1 rings (SSSR count). The maximum absolute atomic E-state index is 10.1. The average Bonchev–Trinajstić information content (AvgIpc) is 2.62. The Morgan fingerprint density at radius 1 is 0.714 bits per heavy atom. The molecule has 156 valence electrons. The van der Waals surface area contributed by atoms with Crippen molar-refractivity contribution in [3.8, 4) is 5.75 Å². The predicted octanol–water partition coefficient (Wildman–Crippen LogP) is -2.30. The van der Waals surface area contributed by atoms with E-state index in [4.69, 9.17) is 24.3 Å². The van der Waals surface area contributed by atoms with Gasteiger partial charge < -0.3 is 9.29 Å². The summed E-state index contributed by atoms with van der Waals surface area (Å²) in [5, 5.41) is 0. The summed E-state index contributed by atoms with van der Waals surface area (Å²) in [4.78, 5) is 28.4. The SMILES string of the molecule is Cc1ccc(OCCOOCCOOCCOOCCOS(=O)(=O)[O-])cc1.[Na+]. The molecule has 0 spiro atoms. The molecule has 0 unspecified atom stereocenters. The van der Waals surface area contributed by atoms with Crippen molar-refractivity contribution in [3.63, 3.8) is 0 Å². The van der Waals surface area contributed by atoms with Gasteiger partial charge in [0.2, 0.25) is 10.4 Å². The van der Waals surface area contributed by atoms with Crippen molar-refractivity contribution in [1.82, 2.24) is 0 Å². The summed E-state index contributed by atoms with van der Waals surface area (Å²) in [7, 11) is -4.72. The van der Waals surface area contributed by atoms with E-state index in [1.165, 1.54) is 0 Å². The van der Waals surface area contributed by atoms with Crippen LogP contribution in [0, 0.1) is 6.92 Å². The quantitative estimate of drug-likeness (QED) is 0.0655. The zero-order chi connectivity index (χ0) is 19.8. The minimum absolute atomic E-state index is 0. The third kappa shape index (κ3) is 17.7. The molecule has 0 saturated carbocycles. The van der Waals surface area contributed by atoms with Crippen LogP contribution in [0.2, 0.25) is 0 Å². The van der Waals surface area contributed by atoms with Crippen molar-refractivity contribution in [2.24, 2.45) is 0 Å². The first kappa shape index (κ1) is 27.6. The monoisotopic (exact) mass is 434 g/mol. The molecule has 0 amide bonds. The van der Waals surface area contributed by atoms with E-state index in [9.17, 15) is 13.0 Å². The first-order valence-electron chi connectivity index (χ1n) is 8.00. The second kappa shape index (κ2) is 17.5. The molecule has 0 aliphatic rings. The Hall–Kier alpha value is -0.350. The van der Waals surface area contributed by atoms with E-state index in [1.54, 1.807) is 0 Å². The Labute approximate surface area is 186 Å². The van der Waals surface area contributed by atoms with Crippen molar-refractivity contribution in [2.45, 2.75) is 6.92 Å². The van der Waals surface area contributed by atoms with Crippen LogP contribution in [0.1, 0.15) is 5.56 Å². The molecule has 0 fully saturated rings. The summed E-state index contributed by atoms with van der Waals surface area (Å²) < 4.78 is 39.6. The molecule has 0 atom stereocenters. The van der Waals surface area contributed by atoms with Gasteiger partial charge in [0.05, 0.1) is 6.61 Å². The van der Waals surface area contributed by atoms with Crippen molar-refractivity contribution < 1.29 is 80.8 Å². The van der Waals surface area contributed by atoms with Gasteiger partial charge in [-0.2, -0.15) is 0 Å². The van der Waals surface area contributed by atoms with Crippen LogP contribution < -0.4 is 34.3 Å². The normalized spacial score (nSPS) is 11.2. The van der Waals surface area contributed by atoms with Gasteiger partial charge in [-0.05, 0) is 19.1 Å². The minimum atomic E-state index is -4.72. The second-order valence-electron chi connectivity index (χ2n) is 4.82. The topological polar surface area (TPSA) is 131 Å². The van der Waals surface area contributed by atoms with Gasteiger partial charge in [-0.3, -0.25) is 4.18 Å².